The van der Waals surface area contributed by atoms with Crippen molar-refractivity contribution in [3.05, 3.63) is 24.0 Å². The maximum absolute atomic E-state index is 12.3. The van der Waals surface area contributed by atoms with Crippen LogP contribution < -0.4 is 0 Å². The van der Waals surface area contributed by atoms with E-state index in [4.69, 9.17) is 10.4 Å². The number of rotatable bonds is 6. The van der Waals surface area contributed by atoms with E-state index < -0.39 is 5.97 Å². The molecule has 1 N–H and O–H groups in total. The number of carbonyl (C=O) groups excluding carboxylic acids is 1. The lowest BCUT2D eigenvalue weighted by molar-refractivity contribution is -0.137. The van der Waals surface area contributed by atoms with Crippen LogP contribution in [0.15, 0.2) is 18.3 Å². The highest BCUT2D eigenvalue weighted by molar-refractivity contribution is 5.93. The number of nitrogens with zero attached hydrogens (tertiary/aromatic N) is 3. The van der Waals surface area contributed by atoms with E-state index in [-0.39, 0.29) is 18.4 Å². The van der Waals surface area contributed by atoms with Crippen molar-refractivity contribution < 1.29 is 14.7 Å². The van der Waals surface area contributed by atoms with Crippen molar-refractivity contribution in [3.8, 4) is 6.07 Å². The maximum Gasteiger partial charge on any atom is 0.323 e. The fraction of sp³-hybridized carbons (Fsp3) is 0.462. The lowest BCUT2D eigenvalue weighted by atomic mass is 10.2. The highest BCUT2D eigenvalue weighted by Crippen LogP contribution is 2.09. The molecule has 0 radical (unpaired) electrons. The highest BCUT2D eigenvalue weighted by Gasteiger charge is 2.20. The number of nitriles is 1. The number of hydrogen-bond donors (Lipinski definition) is 1. The summed E-state index contributed by atoms with van der Waals surface area (Å²) in [7, 11) is 0. The molecule has 19 heavy (non-hydrogen) atoms. The summed E-state index contributed by atoms with van der Waals surface area (Å²) in [6.45, 7) is 4.13. The van der Waals surface area contributed by atoms with E-state index in [0.29, 0.717) is 18.8 Å². The van der Waals surface area contributed by atoms with Gasteiger partial charge in [-0.3, -0.25) is 9.59 Å². The van der Waals surface area contributed by atoms with E-state index in [0.717, 1.165) is 0 Å². The van der Waals surface area contributed by atoms with Gasteiger partial charge in [-0.15, -0.1) is 0 Å². The summed E-state index contributed by atoms with van der Waals surface area (Å²) in [6.07, 6.45) is 1.56. The van der Waals surface area contributed by atoms with Gasteiger partial charge in [-0.25, -0.2) is 0 Å². The summed E-state index contributed by atoms with van der Waals surface area (Å²) in [4.78, 5) is 24.6. The Bertz CT molecular complexity index is 501. The molecule has 1 atom stereocenters. The number of aliphatic carboxylic acids is 1. The van der Waals surface area contributed by atoms with Crippen molar-refractivity contribution in [2.45, 2.75) is 20.4 Å². The van der Waals surface area contributed by atoms with Crippen LogP contribution in [0.1, 0.15) is 24.3 Å². The van der Waals surface area contributed by atoms with Gasteiger partial charge < -0.3 is 14.6 Å². The monoisotopic (exact) mass is 263 g/mol. The average molecular weight is 263 g/mol. The maximum atomic E-state index is 12.3. The summed E-state index contributed by atoms with van der Waals surface area (Å²) in [5, 5.41) is 17.6. The Hall–Kier alpha value is -2.29. The van der Waals surface area contributed by atoms with Crippen LogP contribution in [0.2, 0.25) is 0 Å². The van der Waals surface area contributed by atoms with Crippen LogP contribution in [0, 0.1) is 17.2 Å². The average Bonchev–Trinajstić information content (AvgIpc) is 2.81. The van der Waals surface area contributed by atoms with Gasteiger partial charge in [0.05, 0.1) is 12.0 Å². The number of carboxylic acid groups (broad SMARTS) is 1. The molecule has 0 saturated heterocycles. The van der Waals surface area contributed by atoms with Gasteiger partial charge in [0.1, 0.15) is 12.2 Å². The first-order chi connectivity index (χ1) is 8.99. The lowest BCUT2D eigenvalue weighted by Crippen LogP contribution is -2.35. The molecule has 1 rings (SSSR count). The molecule has 1 unspecified atom stereocenters. The van der Waals surface area contributed by atoms with Gasteiger partial charge in [-0.05, 0) is 26.0 Å². The van der Waals surface area contributed by atoms with Crippen LogP contribution in [0.4, 0.5) is 0 Å². The van der Waals surface area contributed by atoms with Gasteiger partial charge in [-0.2, -0.15) is 5.26 Å². The van der Waals surface area contributed by atoms with Crippen LogP contribution in [0.25, 0.3) is 0 Å². The Morgan fingerprint density at radius 1 is 1.58 bits per heavy atom. The third-order valence-electron chi connectivity index (χ3n) is 2.74. The quantitative estimate of drug-likeness (QED) is 0.835. The van der Waals surface area contributed by atoms with E-state index in [1.54, 1.807) is 30.2 Å². The Balaban J connectivity index is 2.89. The summed E-state index contributed by atoms with van der Waals surface area (Å²) < 4.78 is 1.39. The van der Waals surface area contributed by atoms with Gasteiger partial charge >= 0.3 is 5.97 Å². The molecule has 0 bridgehead atoms. The van der Waals surface area contributed by atoms with Crippen molar-refractivity contribution in [2.24, 2.45) is 5.92 Å². The molecular weight excluding hydrogens is 246 g/mol. The molecule has 102 valence electrons. The van der Waals surface area contributed by atoms with Crippen LogP contribution in [-0.2, 0) is 11.3 Å². The van der Waals surface area contributed by atoms with Crippen LogP contribution in [-0.4, -0.2) is 39.5 Å². The number of aromatic nitrogens is 1. The minimum absolute atomic E-state index is 0.251. The zero-order valence-electron chi connectivity index (χ0n) is 11.0. The fourth-order valence-corrected chi connectivity index (χ4v) is 1.78. The zero-order valence-corrected chi connectivity index (χ0v) is 11.0. The summed E-state index contributed by atoms with van der Waals surface area (Å²) in [6, 6.07) is 5.31. The van der Waals surface area contributed by atoms with Crippen LogP contribution >= 0.6 is 0 Å². The summed E-state index contributed by atoms with van der Waals surface area (Å²) >= 11 is 0. The third-order valence-corrected chi connectivity index (χ3v) is 2.74. The normalized spacial score (nSPS) is 11.6. The highest BCUT2D eigenvalue weighted by atomic mass is 16.4. The SMILES string of the molecule is CCN(CC(C)C#N)C(=O)c1cccn1CC(=O)O. The predicted molar refractivity (Wildman–Crippen MR) is 68.4 cm³/mol. The molecule has 0 saturated carbocycles. The number of carbonyl (C=O) groups is 2. The lowest BCUT2D eigenvalue weighted by Gasteiger charge is -2.22. The predicted octanol–water partition coefficient (Wildman–Crippen LogP) is 1.19. The standard InChI is InChI=1S/C13H17N3O3/c1-3-15(8-10(2)7-14)13(19)11-5-4-6-16(11)9-12(17)18/h4-6,10H,3,8-9H2,1-2H3,(H,17,18). The molecule has 0 aromatic carbocycles. The molecule has 0 aliphatic heterocycles. The van der Waals surface area contributed by atoms with Crippen molar-refractivity contribution in [1.82, 2.24) is 9.47 Å². The van der Waals surface area contributed by atoms with Gasteiger partial charge in [-0.1, -0.05) is 0 Å². The van der Waals surface area contributed by atoms with Gasteiger partial charge in [0.25, 0.3) is 5.91 Å². The number of carboxylic acids is 1. The molecule has 6 heteroatoms. The van der Waals surface area contributed by atoms with E-state index in [1.807, 2.05) is 6.92 Å². The minimum Gasteiger partial charge on any atom is -0.480 e. The molecule has 1 aromatic heterocycles. The molecule has 0 aliphatic carbocycles. The molecule has 1 amide bonds. The first-order valence-corrected chi connectivity index (χ1v) is 6.05. The Morgan fingerprint density at radius 3 is 2.79 bits per heavy atom. The van der Waals surface area contributed by atoms with E-state index in [2.05, 4.69) is 6.07 Å². The van der Waals surface area contributed by atoms with Crippen molar-refractivity contribution in [3.63, 3.8) is 0 Å². The molecule has 1 aromatic rings. The molecule has 1 heterocycles. The Kier molecular flexibility index (Phi) is 5.12. The molecular formula is C13H17N3O3. The fourth-order valence-electron chi connectivity index (χ4n) is 1.78. The Labute approximate surface area is 111 Å². The minimum atomic E-state index is -1.00. The third kappa shape index (κ3) is 3.85. The largest absolute Gasteiger partial charge is 0.480 e. The zero-order chi connectivity index (χ0) is 14.4. The van der Waals surface area contributed by atoms with Crippen molar-refractivity contribution >= 4 is 11.9 Å². The smallest absolute Gasteiger partial charge is 0.323 e. The second-order valence-corrected chi connectivity index (χ2v) is 4.29. The molecule has 0 fully saturated rings. The Morgan fingerprint density at radius 2 is 2.26 bits per heavy atom. The van der Waals surface area contributed by atoms with Crippen LogP contribution in [0.3, 0.4) is 0 Å². The van der Waals surface area contributed by atoms with Gasteiger partial charge in [0, 0.05) is 19.3 Å². The second kappa shape index (κ2) is 6.59. The summed E-state index contributed by atoms with van der Waals surface area (Å²) in [5.74, 6) is -1.51. The van der Waals surface area contributed by atoms with E-state index in [9.17, 15) is 9.59 Å². The van der Waals surface area contributed by atoms with Gasteiger partial charge in [0.15, 0.2) is 0 Å². The molecule has 6 nitrogen and oxygen atoms in total. The van der Waals surface area contributed by atoms with Crippen molar-refractivity contribution in [1.29, 1.82) is 5.26 Å². The molecule has 0 aliphatic rings. The van der Waals surface area contributed by atoms with E-state index in [1.165, 1.54) is 4.57 Å². The molecule has 0 spiro atoms. The first kappa shape index (κ1) is 14.8. The summed E-state index contributed by atoms with van der Waals surface area (Å²) in [5.41, 5.74) is 0.328. The number of hydrogen-bond acceptors (Lipinski definition) is 3. The topological polar surface area (TPSA) is 86.3 Å². The second-order valence-electron chi connectivity index (χ2n) is 4.29. The first-order valence-electron chi connectivity index (χ1n) is 6.05. The van der Waals surface area contributed by atoms with Crippen molar-refractivity contribution in [2.75, 3.05) is 13.1 Å². The number of amides is 1. The van der Waals surface area contributed by atoms with E-state index >= 15 is 0 Å². The van der Waals surface area contributed by atoms with Gasteiger partial charge in [0.2, 0.25) is 0 Å². The van der Waals surface area contributed by atoms with Crippen LogP contribution in [0.5, 0.6) is 0 Å².